The minimum absolute atomic E-state index is 0.110. The zero-order valence-corrected chi connectivity index (χ0v) is 12.1. The van der Waals surface area contributed by atoms with Crippen molar-refractivity contribution in [2.24, 2.45) is 5.73 Å². The molecule has 0 aliphatic carbocycles. The number of piperidine rings is 1. The Kier molecular flexibility index (Phi) is 5.35. The molecule has 1 aromatic rings. The molecule has 0 radical (unpaired) electrons. The molecule has 5 heteroatoms. The van der Waals surface area contributed by atoms with Crippen LogP contribution in [0.5, 0.6) is 0 Å². The number of carbonyl (C=O) groups is 1. The first-order valence-electron chi connectivity index (χ1n) is 7.47. The van der Waals surface area contributed by atoms with Crippen molar-refractivity contribution in [3.63, 3.8) is 0 Å². The SMILES string of the molecule is CCNC(=O)c1cc(N2CCCCC2CCN)ccn1. The van der Waals surface area contributed by atoms with Crippen molar-refractivity contribution in [2.75, 3.05) is 24.5 Å². The van der Waals surface area contributed by atoms with Crippen molar-refractivity contribution < 1.29 is 4.79 Å². The van der Waals surface area contributed by atoms with E-state index in [0.29, 0.717) is 24.8 Å². The van der Waals surface area contributed by atoms with Gasteiger partial charge in [-0.25, -0.2) is 0 Å². The van der Waals surface area contributed by atoms with Crippen molar-refractivity contribution in [1.82, 2.24) is 10.3 Å². The van der Waals surface area contributed by atoms with Crippen molar-refractivity contribution >= 4 is 11.6 Å². The molecule has 1 aliphatic rings. The summed E-state index contributed by atoms with van der Waals surface area (Å²) in [7, 11) is 0. The summed E-state index contributed by atoms with van der Waals surface area (Å²) in [5, 5.41) is 2.79. The Morgan fingerprint density at radius 1 is 1.55 bits per heavy atom. The first-order chi connectivity index (χ1) is 9.76. The van der Waals surface area contributed by atoms with E-state index in [2.05, 4.69) is 15.2 Å². The minimum atomic E-state index is -0.110. The lowest BCUT2D eigenvalue weighted by molar-refractivity contribution is 0.0951. The molecular weight excluding hydrogens is 252 g/mol. The fraction of sp³-hybridized carbons (Fsp3) is 0.600. The maximum Gasteiger partial charge on any atom is 0.269 e. The van der Waals surface area contributed by atoms with E-state index >= 15 is 0 Å². The fourth-order valence-corrected chi connectivity index (χ4v) is 2.81. The van der Waals surface area contributed by atoms with Crippen LogP contribution in [0, 0.1) is 0 Å². The van der Waals surface area contributed by atoms with E-state index in [1.807, 2.05) is 19.1 Å². The Morgan fingerprint density at radius 2 is 2.40 bits per heavy atom. The molecule has 20 heavy (non-hydrogen) atoms. The molecule has 0 spiro atoms. The molecule has 0 bridgehead atoms. The number of pyridine rings is 1. The first-order valence-corrected chi connectivity index (χ1v) is 7.47. The van der Waals surface area contributed by atoms with Crippen molar-refractivity contribution in [1.29, 1.82) is 0 Å². The van der Waals surface area contributed by atoms with E-state index in [9.17, 15) is 4.79 Å². The Bertz CT molecular complexity index is 447. The minimum Gasteiger partial charge on any atom is -0.368 e. The number of nitrogens with zero attached hydrogens (tertiary/aromatic N) is 2. The molecule has 3 N–H and O–H groups in total. The van der Waals surface area contributed by atoms with Gasteiger partial charge in [-0.3, -0.25) is 9.78 Å². The van der Waals surface area contributed by atoms with Crippen molar-refractivity contribution in [2.45, 2.75) is 38.6 Å². The predicted octanol–water partition coefficient (Wildman–Crippen LogP) is 1.54. The number of nitrogens with one attached hydrogen (secondary N) is 1. The summed E-state index contributed by atoms with van der Waals surface area (Å²) in [4.78, 5) is 18.4. The van der Waals surface area contributed by atoms with Gasteiger partial charge in [0.05, 0.1) is 0 Å². The molecule has 2 rings (SSSR count). The summed E-state index contributed by atoms with van der Waals surface area (Å²) in [5.41, 5.74) is 7.28. The van der Waals surface area contributed by atoms with Crippen LogP contribution in [-0.4, -0.2) is 36.6 Å². The number of nitrogens with two attached hydrogens (primary N) is 1. The molecule has 5 nitrogen and oxygen atoms in total. The Balaban J connectivity index is 2.18. The predicted molar refractivity (Wildman–Crippen MR) is 80.9 cm³/mol. The summed E-state index contributed by atoms with van der Waals surface area (Å²) >= 11 is 0. The van der Waals surface area contributed by atoms with Gasteiger partial charge in [-0.15, -0.1) is 0 Å². The number of hydrogen-bond acceptors (Lipinski definition) is 4. The van der Waals surface area contributed by atoms with Crippen LogP contribution < -0.4 is 16.0 Å². The van der Waals surface area contributed by atoms with Crippen LogP contribution in [0.2, 0.25) is 0 Å². The summed E-state index contributed by atoms with van der Waals surface area (Å²) < 4.78 is 0. The van der Waals surface area contributed by atoms with E-state index in [-0.39, 0.29) is 5.91 Å². The molecule has 0 aromatic carbocycles. The standard InChI is InChI=1S/C15H24N4O/c1-2-17-15(20)14-11-13(7-9-18-14)19-10-4-3-5-12(19)6-8-16/h7,9,11-12H,2-6,8,10,16H2,1H3,(H,17,20). The molecule has 1 aliphatic heterocycles. The van der Waals surface area contributed by atoms with Crippen LogP contribution in [0.1, 0.15) is 43.1 Å². The number of carbonyl (C=O) groups excluding carboxylic acids is 1. The van der Waals surface area contributed by atoms with Gasteiger partial charge in [0.2, 0.25) is 0 Å². The maximum absolute atomic E-state index is 11.9. The van der Waals surface area contributed by atoms with E-state index < -0.39 is 0 Å². The van der Waals surface area contributed by atoms with Crippen LogP contribution in [-0.2, 0) is 0 Å². The smallest absolute Gasteiger partial charge is 0.269 e. The maximum atomic E-state index is 11.9. The van der Waals surface area contributed by atoms with Crippen molar-refractivity contribution in [3.05, 3.63) is 24.0 Å². The van der Waals surface area contributed by atoms with Gasteiger partial charge >= 0.3 is 0 Å². The molecule has 1 aromatic heterocycles. The lowest BCUT2D eigenvalue weighted by atomic mass is 9.98. The van der Waals surface area contributed by atoms with Crippen LogP contribution in [0.4, 0.5) is 5.69 Å². The molecule has 0 saturated carbocycles. The highest BCUT2D eigenvalue weighted by Crippen LogP contribution is 2.26. The Hall–Kier alpha value is -1.62. The second-order valence-corrected chi connectivity index (χ2v) is 5.18. The third kappa shape index (κ3) is 3.48. The molecular formula is C15H24N4O. The van der Waals surface area contributed by atoms with Gasteiger partial charge < -0.3 is 16.0 Å². The van der Waals surface area contributed by atoms with Crippen LogP contribution in [0.15, 0.2) is 18.3 Å². The summed E-state index contributed by atoms with van der Waals surface area (Å²) in [6, 6.07) is 4.36. The lowest BCUT2D eigenvalue weighted by Gasteiger charge is -2.37. The largest absolute Gasteiger partial charge is 0.368 e. The zero-order valence-electron chi connectivity index (χ0n) is 12.1. The third-order valence-electron chi connectivity index (χ3n) is 3.77. The van der Waals surface area contributed by atoms with Gasteiger partial charge in [0.1, 0.15) is 5.69 Å². The summed E-state index contributed by atoms with van der Waals surface area (Å²) in [6.45, 7) is 4.26. The average Bonchev–Trinajstić information content (AvgIpc) is 2.48. The quantitative estimate of drug-likeness (QED) is 0.855. The second kappa shape index (κ2) is 7.24. The lowest BCUT2D eigenvalue weighted by Crippen LogP contribution is -2.41. The number of anilines is 1. The molecule has 1 fully saturated rings. The Labute approximate surface area is 120 Å². The van der Waals surface area contributed by atoms with Gasteiger partial charge in [0, 0.05) is 31.0 Å². The van der Waals surface area contributed by atoms with Crippen LogP contribution in [0.3, 0.4) is 0 Å². The van der Waals surface area contributed by atoms with Crippen LogP contribution in [0.25, 0.3) is 0 Å². The highest BCUT2D eigenvalue weighted by atomic mass is 16.1. The summed E-state index contributed by atoms with van der Waals surface area (Å²) in [6.07, 6.45) is 6.35. The number of hydrogen-bond donors (Lipinski definition) is 2. The Morgan fingerprint density at radius 3 is 3.15 bits per heavy atom. The molecule has 1 atom stereocenters. The van der Waals surface area contributed by atoms with Crippen LogP contribution >= 0.6 is 0 Å². The van der Waals surface area contributed by atoms with E-state index in [1.54, 1.807) is 6.20 Å². The molecule has 2 heterocycles. The van der Waals surface area contributed by atoms with Crippen molar-refractivity contribution in [3.8, 4) is 0 Å². The fourth-order valence-electron chi connectivity index (χ4n) is 2.81. The average molecular weight is 276 g/mol. The summed E-state index contributed by atoms with van der Waals surface area (Å²) in [5.74, 6) is -0.110. The monoisotopic (exact) mass is 276 g/mol. The second-order valence-electron chi connectivity index (χ2n) is 5.18. The number of amides is 1. The van der Waals surface area contributed by atoms with Gasteiger partial charge in [0.15, 0.2) is 0 Å². The van der Waals surface area contributed by atoms with Gasteiger partial charge in [-0.1, -0.05) is 0 Å². The normalized spacial score (nSPS) is 18.9. The van der Waals surface area contributed by atoms with E-state index in [1.165, 1.54) is 19.3 Å². The topological polar surface area (TPSA) is 71.2 Å². The first kappa shape index (κ1) is 14.8. The van der Waals surface area contributed by atoms with Gasteiger partial charge in [-0.2, -0.15) is 0 Å². The molecule has 1 saturated heterocycles. The number of rotatable bonds is 5. The number of aromatic nitrogens is 1. The van der Waals surface area contributed by atoms with E-state index in [0.717, 1.165) is 18.7 Å². The molecule has 1 unspecified atom stereocenters. The highest BCUT2D eigenvalue weighted by Gasteiger charge is 2.22. The third-order valence-corrected chi connectivity index (χ3v) is 3.77. The van der Waals surface area contributed by atoms with Gasteiger partial charge in [0.25, 0.3) is 5.91 Å². The highest BCUT2D eigenvalue weighted by molar-refractivity contribution is 5.93. The van der Waals surface area contributed by atoms with E-state index in [4.69, 9.17) is 5.73 Å². The molecule has 1 amide bonds. The molecule has 110 valence electrons. The zero-order chi connectivity index (χ0) is 14.4. The van der Waals surface area contributed by atoms with Gasteiger partial charge in [-0.05, 0) is 51.3 Å².